The van der Waals surface area contributed by atoms with Crippen molar-refractivity contribution in [1.82, 2.24) is 0 Å². The maximum atomic E-state index is 11.7. The molecule has 5 nitrogen and oxygen atoms in total. The third kappa shape index (κ3) is 3.71. The summed E-state index contributed by atoms with van der Waals surface area (Å²) in [6, 6.07) is 0. The highest BCUT2D eigenvalue weighted by atomic mass is 32.2. The van der Waals surface area contributed by atoms with E-state index in [2.05, 4.69) is 0 Å². The molecule has 1 heterocycles. The van der Waals surface area contributed by atoms with Crippen molar-refractivity contribution >= 4 is 41.1 Å². The molecule has 2 atom stereocenters. The molecule has 0 aromatic rings. The van der Waals surface area contributed by atoms with E-state index in [0.717, 1.165) is 29.7 Å². The lowest BCUT2D eigenvalue weighted by Crippen LogP contribution is -2.37. The van der Waals surface area contributed by atoms with E-state index in [1.807, 2.05) is 0 Å². The fraction of sp³-hybridized carbons (Fsp3) is 0.417. The fourth-order valence-electron chi connectivity index (χ4n) is 1.58. The summed E-state index contributed by atoms with van der Waals surface area (Å²) in [6.07, 6.45) is 1.81. The number of hydrogen-bond donors (Lipinski definition) is 1. The van der Waals surface area contributed by atoms with E-state index in [9.17, 15) is 19.5 Å². The number of ether oxygens (including phenoxy) is 1. The third-order valence-electron chi connectivity index (χ3n) is 2.56. The summed E-state index contributed by atoms with van der Waals surface area (Å²) in [5, 5.41) is 9.64. The van der Waals surface area contributed by atoms with Gasteiger partial charge in [-0.1, -0.05) is 0 Å². The van der Waals surface area contributed by atoms with Gasteiger partial charge in [-0.15, -0.1) is 0 Å². The van der Waals surface area contributed by atoms with Gasteiger partial charge in [0.1, 0.15) is 0 Å². The Morgan fingerprint density at radius 3 is 2.84 bits per heavy atom. The van der Waals surface area contributed by atoms with Gasteiger partial charge in [0.2, 0.25) is 5.78 Å². The summed E-state index contributed by atoms with van der Waals surface area (Å²) in [6.45, 7) is 0. The van der Waals surface area contributed by atoms with Crippen LogP contribution in [-0.2, 0) is 19.1 Å². The summed E-state index contributed by atoms with van der Waals surface area (Å²) < 4.78 is 4.82. The molecule has 0 spiro atoms. The molecule has 0 saturated carbocycles. The number of hydrogen-bond acceptors (Lipinski definition) is 7. The highest BCUT2D eigenvalue weighted by Gasteiger charge is 2.31. The van der Waals surface area contributed by atoms with Gasteiger partial charge >= 0.3 is 5.97 Å². The lowest BCUT2D eigenvalue weighted by Gasteiger charge is -2.24. The van der Waals surface area contributed by atoms with Crippen LogP contribution in [0.3, 0.4) is 0 Å². The zero-order valence-corrected chi connectivity index (χ0v) is 11.5. The van der Waals surface area contributed by atoms with E-state index in [0.29, 0.717) is 5.75 Å². The standard InChI is InChI=1S/C12H12O5S2/c13-7-1-2-8(14)9(5-7)17-12(16)11(15)10-6-18-3-4-19-10/h1-2,5,10-11,15H,3-4,6H2/t10-,11-/m0/s1. The molecule has 0 aromatic heterocycles. The summed E-state index contributed by atoms with van der Waals surface area (Å²) >= 11 is 3.17. The predicted octanol–water partition coefficient (Wildman–Crippen LogP) is 0.331. The first kappa shape index (κ1) is 14.4. The minimum absolute atomic E-state index is 0.239. The molecule has 1 saturated heterocycles. The molecule has 7 heteroatoms. The van der Waals surface area contributed by atoms with Gasteiger partial charge in [-0.25, -0.2) is 4.79 Å². The average molecular weight is 300 g/mol. The lowest BCUT2D eigenvalue weighted by atomic mass is 10.1. The molecular formula is C12H12O5S2. The van der Waals surface area contributed by atoms with Crippen molar-refractivity contribution in [2.45, 2.75) is 11.4 Å². The Balaban J connectivity index is 1.96. The van der Waals surface area contributed by atoms with Crippen LogP contribution < -0.4 is 0 Å². The van der Waals surface area contributed by atoms with E-state index in [1.54, 1.807) is 11.8 Å². The van der Waals surface area contributed by atoms with Crippen LogP contribution in [-0.4, -0.2) is 51.3 Å². The van der Waals surface area contributed by atoms with Crippen molar-refractivity contribution in [3.63, 3.8) is 0 Å². The van der Waals surface area contributed by atoms with Crippen LogP contribution in [0.15, 0.2) is 24.0 Å². The molecule has 0 amide bonds. The van der Waals surface area contributed by atoms with Crippen LogP contribution in [0, 0.1) is 0 Å². The lowest BCUT2D eigenvalue weighted by molar-refractivity contribution is -0.150. The van der Waals surface area contributed by atoms with Gasteiger partial charge in [-0.3, -0.25) is 9.59 Å². The maximum Gasteiger partial charge on any atom is 0.341 e. The average Bonchev–Trinajstić information content (AvgIpc) is 2.43. The van der Waals surface area contributed by atoms with Crippen molar-refractivity contribution in [3.05, 3.63) is 24.0 Å². The highest BCUT2D eigenvalue weighted by Crippen LogP contribution is 2.27. The van der Waals surface area contributed by atoms with Gasteiger partial charge in [0, 0.05) is 23.3 Å². The Labute approximate surface area is 118 Å². The Morgan fingerprint density at radius 2 is 2.16 bits per heavy atom. The van der Waals surface area contributed by atoms with E-state index >= 15 is 0 Å². The molecule has 1 aliphatic carbocycles. The number of ketones is 2. The van der Waals surface area contributed by atoms with Crippen LogP contribution in [0.25, 0.3) is 0 Å². The van der Waals surface area contributed by atoms with E-state index in [-0.39, 0.29) is 11.0 Å². The molecule has 1 N–H and O–H groups in total. The largest absolute Gasteiger partial charge is 0.420 e. The Hall–Kier alpha value is -1.05. The quantitative estimate of drug-likeness (QED) is 0.594. The van der Waals surface area contributed by atoms with Crippen LogP contribution >= 0.6 is 23.5 Å². The minimum atomic E-state index is -1.28. The summed E-state index contributed by atoms with van der Waals surface area (Å²) in [5.74, 6) is 0.333. The number of allylic oxidation sites excluding steroid dienone is 3. The fourth-order valence-corrected chi connectivity index (χ4v) is 4.28. The van der Waals surface area contributed by atoms with Crippen LogP contribution in [0.2, 0.25) is 0 Å². The Morgan fingerprint density at radius 1 is 1.37 bits per heavy atom. The molecule has 0 aromatic carbocycles. The van der Waals surface area contributed by atoms with Gasteiger partial charge in [-0.05, 0) is 12.2 Å². The molecule has 1 aliphatic heterocycles. The second-order valence-corrected chi connectivity index (χ2v) is 6.46. The van der Waals surface area contributed by atoms with Gasteiger partial charge in [-0.2, -0.15) is 23.5 Å². The summed E-state index contributed by atoms with van der Waals surface area (Å²) in [7, 11) is 0. The number of rotatable bonds is 3. The minimum Gasteiger partial charge on any atom is -0.420 e. The molecule has 2 aliphatic rings. The van der Waals surface area contributed by atoms with Crippen molar-refractivity contribution in [2.75, 3.05) is 17.3 Å². The number of aliphatic hydroxyl groups excluding tert-OH is 1. The second-order valence-electron chi connectivity index (χ2n) is 3.96. The summed E-state index contributed by atoms with van der Waals surface area (Å²) in [5.41, 5.74) is 0. The molecule has 102 valence electrons. The molecule has 0 bridgehead atoms. The SMILES string of the molecule is O=C1C=CC(=O)C(OC(=O)[C@@H](O)[C@@H]2CSCCS2)=C1. The Bertz CT molecular complexity index is 463. The summed E-state index contributed by atoms with van der Waals surface area (Å²) in [4.78, 5) is 34.2. The number of esters is 1. The van der Waals surface area contributed by atoms with Gasteiger partial charge < -0.3 is 9.84 Å². The highest BCUT2D eigenvalue weighted by molar-refractivity contribution is 8.06. The first-order valence-electron chi connectivity index (χ1n) is 5.65. The van der Waals surface area contributed by atoms with Crippen molar-refractivity contribution < 1.29 is 24.2 Å². The Kier molecular flexibility index (Phi) is 4.84. The maximum absolute atomic E-state index is 11.7. The molecule has 1 fully saturated rings. The smallest absolute Gasteiger partial charge is 0.341 e. The van der Waals surface area contributed by atoms with Crippen molar-refractivity contribution in [2.24, 2.45) is 0 Å². The first-order valence-corrected chi connectivity index (χ1v) is 7.85. The number of carbonyl (C=O) groups excluding carboxylic acids is 3. The van der Waals surface area contributed by atoms with E-state index < -0.39 is 23.6 Å². The van der Waals surface area contributed by atoms with Crippen LogP contribution in [0.4, 0.5) is 0 Å². The van der Waals surface area contributed by atoms with Gasteiger partial charge in [0.15, 0.2) is 17.6 Å². The topological polar surface area (TPSA) is 80.7 Å². The normalized spacial score (nSPS) is 24.9. The van der Waals surface area contributed by atoms with Gasteiger partial charge in [0.05, 0.1) is 5.25 Å². The monoisotopic (exact) mass is 300 g/mol. The van der Waals surface area contributed by atoms with Gasteiger partial charge in [0.25, 0.3) is 0 Å². The second kappa shape index (κ2) is 6.40. The molecule has 0 unspecified atom stereocenters. The number of carbonyl (C=O) groups is 3. The first-order chi connectivity index (χ1) is 9.08. The van der Waals surface area contributed by atoms with E-state index in [4.69, 9.17) is 4.74 Å². The van der Waals surface area contributed by atoms with Crippen LogP contribution in [0.5, 0.6) is 0 Å². The molecule has 2 rings (SSSR count). The van der Waals surface area contributed by atoms with Crippen LogP contribution in [0.1, 0.15) is 0 Å². The number of aliphatic hydroxyl groups is 1. The molecular weight excluding hydrogens is 288 g/mol. The number of thioether (sulfide) groups is 2. The van der Waals surface area contributed by atoms with Crippen molar-refractivity contribution in [1.29, 1.82) is 0 Å². The predicted molar refractivity (Wildman–Crippen MR) is 72.9 cm³/mol. The molecule has 19 heavy (non-hydrogen) atoms. The third-order valence-corrected chi connectivity index (χ3v) is 5.41. The molecule has 0 radical (unpaired) electrons. The van der Waals surface area contributed by atoms with E-state index in [1.165, 1.54) is 11.8 Å². The zero-order valence-electron chi connectivity index (χ0n) is 9.90. The van der Waals surface area contributed by atoms with Crippen molar-refractivity contribution in [3.8, 4) is 0 Å². The zero-order chi connectivity index (χ0) is 13.8.